The number of carbonyl (C=O) groups is 3. The van der Waals surface area contributed by atoms with Crippen molar-refractivity contribution in [3.63, 3.8) is 0 Å². The molecule has 8 nitrogen and oxygen atoms in total. The molecule has 1 aromatic heterocycles. The van der Waals surface area contributed by atoms with Gasteiger partial charge in [0.2, 0.25) is 5.91 Å². The second-order valence-electron chi connectivity index (χ2n) is 7.64. The van der Waals surface area contributed by atoms with E-state index in [1.165, 1.54) is 18.4 Å². The van der Waals surface area contributed by atoms with Gasteiger partial charge in [0.25, 0.3) is 5.91 Å². The predicted octanol–water partition coefficient (Wildman–Crippen LogP) is 3.96. The van der Waals surface area contributed by atoms with Gasteiger partial charge in [0.05, 0.1) is 6.26 Å². The molecule has 0 aliphatic heterocycles. The Morgan fingerprint density at radius 3 is 2.41 bits per heavy atom. The first kappa shape index (κ1) is 24.5. The van der Waals surface area contributed by atoms with Crippen molar-refractivity contribution < 1.29 is 23.2 Å². The summed E-state index contributed by atoms with van der Waals surface area (Å²) in [6.07, 6.45) is 2.59. The Labute approximate surface area is 196 Å². The van der Waals surface area contributed by atoms with Gasteiger partial charge in [0.15, 0.2) is 5.76 Å². The van der Waals surface area contributed by atoms with Gasteiger partial charge in [-0.1, -0.05) is 37.6 Å². The van der Waals surface area contributed by atoms with Crippen molar-refractivity contribution in [1.29, 1.82) is 0 Å². The van der Waals surface area contributed by atoms with E-state index in [0.29, 0.717) is 18.5 Å². The quantitative estimate of drug-likeness (QED) is 0.362. The number of nitrogens with one attached hydrogen (secondary N) is 4. The van der Waals surface area contributed by atoms with Crippen LogP contribution in [0.5, 0.6) is 0 Å². The zero-order valence-corrected chi connectivity index (χ0v) is 18.8. The Morgan fingerprint density at radius 1 is 0.941 bits per heavy atom. The zero-order chi connectivity index (χ0) is 24.3. The van der Waals surface area contributed by atoms with E-state index in [0.717, 1.165) is 11.1 Å². The Hall–Kier alpha value is -4.14. The second kappa shape index (κ2) is 12.2. The van der Waals surface area contributed by atoms with Crippen molar-refractivity contribution >= 4 is 23.5 Å². The highest BCUT2D eigenvalue weighted by molar-refractivity contribution is 6.02. The summed E-state index contributed by atoms with van der Waals surface area (Å²) >= 11 is 0. The predicted molar refractivity (Wildman–Crippen MR) is 125 cm³/mol. The van der Waals surface area contributed by atoms with Crippen LogP contribution in [-0.2, 0) is 17.9 Å². The molecule has 3 rings (SSSR count). The first-order valence-corrected chi connectivity index (χ1v) is 10.9. The lowest BCUT2D eigenvalue weighted by Crippen LogP contribution is -2.49. The maximum absolute atomic E-state index is 13.0. The van der Waals surface area contributed by atoms with Gasteiger partial charge >= 0.3 is 6.03 Å². The highest BCUT2D eigenvalue weighted by Gasteiger charge is 2.19. The summed E-state index contributed by atoms with van der Waals surface area (Å²) in [6.45, 7) is 2.36. The lowest BCUT2D eigenvalue weighted by molar-refractivity contribution is -0.123. The molecule has 178 valence electrons. The van der Waals surface area contributed by atoms with E-state index in [1.54, 1.807) is 42.5 Å². The molecule has 0 aliphatic carbocycles. The molecule has 3 aromatic rings. The first-order valence-electron chi connectivity index (χ1n) is 10.9. The molecule has 0 saturated carbocycles. The molecule has 1 heterocycles. The average molecular weight is 467 g/mol. The van der Waals surface area contributed by atoms with Crippen molar-refractivity contribution in [2.24, 2.45) is 0 Å². The Balaban J connectivity index is 1.50. The summed E-state index contributed by atoms with van der Waals surface area (Å²) in [5, 5.41) is 10.9. The summed E-state index contributed by atoms with van der Waals surface area (Å²) in [7, 11) is 0. The molecule has 0 aliphatic rings. The standard InChI is InChI=1S/C25H27FN4O4/c1-2-5-21(30-25(33)28-15-17-9-11-19(26)12-10-17)23(31)27-16-18-6-3-7-20(14-18)29-24(32)22-8-4-13-34-22/h3-4,6-14,21H,2,5,15-16H2,1H3,(H,27,31)(H,29,32)(H2,28,30,33). The zero-order valence-electron chi connectivity index (χ0n) is 18.8. The molecular formula is C25H27FN4O4. The van der Waals surface area contributed by atoms with E-state index >= 15 is 0 Å². The van der Waals surface area contributed by atoms with Gasteiger partial charge < -0.3 is 25.7 Å². The van der Waals surface area contributed by atoms with Crippen LogP contribution in [0.3, 0.4) is 0 Å². The number of benzene rings is 2. The largest absolute Gasteiger partial charge is 0.459 e. The Morgan fingerprint density at radius 2 is 1.71 bits per heavy atom. The van der Waals surface area contributed by atoms with Crippen LogP contribution >= 0.6 is 0 Å². The minimum Gasteiger partial charge on any atom is -0.459 e. The molecule has 0 bridgehead atoms. The molecule has 34 heavy (non-hydrogen) atoms. The van der Waals surface area contributed by atoms with Gasteiger partial charge in [-0.25, -0.2) is 9.18 Å². The van der Waals surface area contributed by atoms with E-state index in [2.05, 4.69) is 21.3 Å². The Kier molecular flexibility index (Phi) is 8.79. The number of hydrogen-bond acceptors (Lipinski definition) is 4. The summed E-state index contributed by atoms with van der Waals surface area (Å²) in [6, 6.07) is 14.9. The maximum Gasteiger partial charge on any atom is 0.315 e. The van der Waals surface area contributed by atoms with Crippen LogP contribution in [0.25, 0.3) is 0 Å². The molecule has 4 N–H and O–H groups in total. The van der Waals surface area contributed by atoms with Crippen molar-refractivity contribution in [3.8, 4) is 0 Å². The van der Waals surface area contributed by atoms with Gasteiger partial charge in [-0.05, 0) is 53.9 Å². The van der Waals surface area contributed by atoms with E-state index in [9.17, 15) is 18.8 Å². The molecule has 0 fully saturated rings. The summed E-state index contributed by atoms with van der Waals surface area (Å²) in [5.41, 5.74) is 2.09. The molecule has 1 atom stereocenters. The number of furan rings is 1. The van der Waals surface area contributed by atoms with Crippen molar-refractivity contribution in [1.82, 2.24) is 16.0 Å². The van der Waals surface area contributed by atoms with Crippen LogP contribution in [0, 0.1) is 5.82 Å². The van der Waals surface area contributed by atoms with Crippen molar-refractivity contribution in [2.75, 3.05) is 5.32 Å². The first-order chi connectivity index (χ1) is 16.4. The van der Waals surface area contributed by atoms with Gasteiger partial charge in [-0.2, -0.15) is 0 Å². The monoisotopic (exact) mass is 466 g/mol. The van der Waals surface area contributed by atoms with E-state index in [1.807, 2.05) is 13.0 Å². The van der Waals surface area contributed by atoms with Gasteiger partial charge in [0.1, 0.15) is 11.9 Å². The topological polar surface area (TPSA) is 112 Å². The third-order valence-electron chi connectivity index (χ3n) is 4.96. The third-order valence-corrected chi connectivity index (χ3v) is 4.96. The van der Waals surface area contributed by atoms with E-state index in [4.69, 9.17) is 4.42 Å². The van der Waals surface area contributed by atoms with Gasteiger partial charge in [-0.3, -0.25) is 9.59 Å². The lowest BCUT2D eigenvalue weighted by Gasteiger charge is -2.18. The number of anilines is 1. The van der Waals surface area contributed by atoms with Crippen LogP contribution in [0.15, 0.2) is 71.3 Å². The lowest BCUT2D eigenvalue weighted by atomic mass is 10.1. The fourth-order valence-corrected chi connectivity index (χ4v) is 3.22. The molecule has 9 heteroatoms. The Bertz CT molecular complexity index is 1100. The highest BCUT2D eigenvalue weighted by atomic mass is 19.1. The average Bonchev–Trinajstić information content (AvgIpc) is 3.37. The van der Waals surface area contributed by atoms with Crippen molar-refractivity contribution in [3.05, 3.63) is 89.6 Å². The summed E-state index contributed by atoms with van der Waals surface area (Å²) < 4.78 is 18.1. The maximum atomic E-state index is 13.0. The molecule has 1 unspecified atom stereocenters. The minimum absolute atomic E-state index is 0.199. The third kappa shape index (κ3) is 7.47. The van der Waals surface area contributed by atoms with E-state index < -0.39 is 12.1 Å². The van der Waals surface area contributed by atoms with Crippen molar-refractivity contribution in [2.45, 2.75) is 38.9 Å². The SMILES string of the molecule is CCCC(NC(=O)NCc1ccc(F)cc1)C(=O)NCc1cccc(NC(=O)c2ccco2)c1. The highest BCUT2D eigenvalue weighted by Crippen LogP contribution is 2.13. The number of rotatable bonds is 10. The molecular weight excluding hydrogens is 439 g/mol. The number of amides is 4. The smallest absolute Gasteiger partial charge is 0.315 e. The van der Waals surface area contributed by atoms with Crippen LogP contribution in [-0.4, -0.2) is 23.9 Å². The number of carbonyl (C=O) groups excluding carboxylic acids is 3. The fraction of sp³-hybridized carbons (Fsp3) is 0.240. The van der Waals surface area contributed by atoms with E-state index in [-0.39, 0.29) is 36.5 Å². The molecule has 4 amide bonds. The molecule has 0 spiro atoms. The van der Waals surface area contributed by atoms with Gasteiger partial charge in [0, 0.05) is 18.8 Å². The molecule has 2 aromatic carbocycles. The second-order valence-corrected chi connectivity index (χ2v) is 7.64. The van der Waals surface area contributed by atoms with Crippen LogP contribution in [0.2, 0.25) is 0 Å². The molecule has 0 radical (unpaired) electrons. The van der Waals surface area contributed by atoms with Gasteiger partial charge in [-0.15, -0.1) is 0 Å². The summed E-state index contributed by atoms with van der Waals surface area (Å²) in [4.78, 5) is 37.1. The molecule has 0 saturated heterocycles. The number of halogens is 1. The number of urea groups is 1. The minimum atomic E-state index is -0.708. The number of hydrogen-bond donors (Lipinski definition) is 4. The normalized spacial score (nSPS) is 11.4. The van der Waals surface area contributed by atoms with Crippen LogP contribution < -0.4 is 21.3 Å². The fourth-order valence-electron chi connectivity index (χ4n) is 3.22. The summed E-state index contributed by atoms with van der Waals surface area (Å²) in [5.74, 6) is -0.836. The van der Waals surface area contributed by atoms with Crippen LogP contribution in [0.4, 0.5) is 14.9 Å². The van der Waals surface area contributed by atoms with Crippen LogP contribution in [0.1, 0.15) is 41.4 Å².